The molecule has 1 atom stereocenters. The standard InChI is InChI=1S/C25H18ClNO8/c1-3-32-25(30)27-22-18-11-16(15-8-12-4-6-14(31-2)10-20(12)34-23(15)28)24(29)35-21(18)17-9-13(26)5-7-19(17)33-22/h4-11,22H,3H2,1-2H3,(H,27,30). The number of carbonyl (C=O) groups is 1. The minimum absolute atomic E-state index is 0.00834. The summed E-state index contributed by atoms with van der Waals surface area (Å²) in [6, 6.07) is 12.7. The van der Waals surface area contributed by atoms with Crippen molar-refractivity contribution in [3.63, 3.8) is 0 Å². The highest BCUT2D eigenvalue weighted by molar-refractivity contribution is 6.31. The van der Waals surface area contributed by atoms with Gasteiger partial charge < -0.3 is 23.0 Å². The first kappa shape index (κ1) is 22.5. The Labute approximate surface area is 202 Å². The van der Waals surface area contributed by atoms with E-state index in [1.165, 1.54) is 19.2 Å². The first-order valence-electron chi connectivity index (χ1n) is 10.6. The van der Waals surface area contributed by atoms with E-state index in [0.717, 1.165) is 0 Å². The van der Waals surface area contributed by atoms with E-state index in [9.17, 15) is 14.4 Å². The molecule has 1 amide bonds. The van der Waals surface area contributed by atoms with Crippen LogP contribution >= 0.6 is 11.6 Å². The van der Waals surface area contributed by atoms with Gasteiger partial charge in [0.05, 0.1) is 36.0 Å². The molecule has 178 valence electrons. The van der Waals surface area contributed by atoms with Gasteiger partial charge in [-0.3, -0.25) is 5.32 Å². The fraction of sp³-hybridized carbons (Fsp3) is 0.160. The molecule has 0 aliphatic carbocycles. The number of fused-ring (bicyclic) bond motifs is 4. The Balaban J connectivity index is 1.69. The molecule has 2 aromatic carbocycles. The van der Waals surface area contributed by atoms with E-state index in [4.69, 9.17) is 34.6 Å². The number of nitrogens with one attached hydrogen (secondary N) is 1. The van der Waals surface area contributed by atoms with Crippen LogP contribution in [-0.4, -0.2) is 19.8 Å². The summed E-state index contributed by atoms with van der Waals surface area (Å²) < 4.78 is 27.2. The average molecular weight is 496 g/mol. The first-order valence-corrected chi connectivity index (χ1v) is 11.0. The van der Waals surface area contributed by atoms with Crippen LogP contribution in [0.5, 0.6) is 11.5 Å². The fourth-order valence-electron chi connectivity index (χ4n) is 3.85. The molecule has 0 spiro atoms. The zero-order valence-corrected chi connectivity index (χ0v) is 19.3. The molecule has 9 nitrogen and oxygen atoms in total. The molecule has 0 saturated heterocycles. The fourth-order valence-corrected chi connectivity index (χ4v) is 4.02. The van der Waals surface area contributed by atoms with Gasteiger partial charge in [-0.2, -0.15) is 0 Å². The van der Waals surface area contributed by atoms with Crippen molar-refractivity contribution in [3.05, 3.63) is 80.0 Å². The predicted molar refractivity (Wildman–Crippen MR) is 127 cm³/mol. The molecule has 0 saturated carbocycles. The summed E-state index contributed by atoms with van der Waals surface area (Å²) in [6.07, 6.45) is -1.79. The lowest BCUT2D eigenvalue weighted by molar-refractivity contribution is 0.111. The first-order chi connectivity index (χ1) is 16.9. The van der Waals surface area contributed by atoms with Crippen molar-refractivity contribution in [2.45, 2.75) is 13.2 Å². The topological polar surface area (TPSA) is 117 Å². The number of alkyl carbamates (subject to hydrolysis) is 1. The molecular formula is C25H18ClNO8. The zero-order chi connectivity index (χ0) is 24.7. The minimum Gasteiger partial charge on any atom is -0.497 e. The molecule has 1 N–H and O–H groups in total. The largest absolute Gasteiger partial charge is 0.497 e. The highest BCUT2D eigenvalue weighted by Crippen LogP contribution is 2.43. The Kier molecular flexibility index (Phi) is 5.70. The lowest BCUT2D eigenvalue weighted by Gasteiger charge is -2.28. The average Bonchev–Trinajstić information content (AvgIpc) is 2.83. The van der Waals surface area contributed by atoms with Gasteiger partial charge in [-0.25, -0.2) is 14.4 Å². The van der Waals surface area contributed by atoms with Gasteiger partial charge in [-0.1, -0.05) is 11.6 Å². The lowest BCUT2D eigenvalue weighted by Crippen LogP contribution is -2.35. The van der Waals surface area contributed by atoms with Gasteiger partial charge in [0.2, 0.25) is 6.23 Å². The number of benzene rings is 2. The van der Waals surface area contributed by atoms with Gasteiger partial charge in [0.15, 0.2) is 5.76 Å². The van der Waals surface area contributed by atoms with E-state index in [1.807, 2.05) is 0 Å². The second-order valence-corrected chi connectivity index (χ2v) is 8.02. The highest BCUT2D eigenvalue weighted by Gasteiger charge is 2.32. The van der Waals surface area contributed by atoms with Gasteiger partial charge in [0, 0.05) is 16.5 Å². The third-order valence-electron chi connectivity index (χ3n) is 5.45. The minimum atomic E-state index is -1.06. The van der Waals surface area contributed by atoms with Crippen LogP contribution in [0.15, 0.2) is 67.0 Å². The van der Waals surface area contributed by atoms with Crippen LogP contribution < -0.4 is 26.0 Å². The Morgan fingerprint density at radius 1 is 1.00 bits per heavy atom. The van der Waals surface area contributed by atoms with Gasteiger partial charge >= 0.3 is 17.3 Å². The van der Waals surface area contributed by atoms with Crippen LogP contribution in [0.2, 0.25) is 5.02 Å². The van der Waals surface area contributed by atoms with E-state index >= 15 is 0 Å². The predicted octanol–water partition coefficient (Wildman–Crippen LogP) is 4.88. The normalized spacial score (nSPS) is 14.0. The molecule has 10 heteroatoms. The molecule has 2 aromatic heterocycles. The van der Waals surface area contributed by atoms with Crippen LogP contribution in [0.3, 0.4) is 0 Å². The third-order valence-corrected chi connectivity index (χ3v) is 5.68. The highest BCUT2D eigenvalue weighted by atomic mass is 35.5. The van der Waals surface area contributed by atoms with E-state index in [0.29, 0.717) is 38.6 Å². The summed E-state index contributed by atoms with van der Waals surface area (Å²) in [5.74, 6) is 1.02. The van der Waals surface area contributed by atoms with Crippen molar-refractivity contribution in [3.8, 4) is 33.9 Å². The molecule has 1 unspecified atom stereocenters. The van der Waals surface area contributed by atoms with E-state index < -0.39 is 23.6 Å². The molecule has 1 aliphatic heterocycles. The monoisotopic (exact) mass is 495 g/mol. The third kappa shape index (κ3) is 4.10. The van der Waals surface area contributed by atoms with Crippen molar-refractivity contribution >= 4 is 28.7 Å². The van der Waals surface area contributed by atoms with Crippen molar-refractivity contribution in [1.82, 2.24) is 5.32 Å². The number of amides is 1. The smallest absolute Gasteiger partial charge is 0.410 e. The number of carbonyl (C=O) groups excluding carboxylic acids is 1. The summed E-state index contributed by atoms with van der Waals surface area (Å²) in [7, 11) is 1.50. The van der Waals surface area contributed by atoms with Crippen LogP contribution in [0.4, 0.5) is 4.79 Å². The number of hydrogen-bond acceptors (Lipinski definition) is 8. The molecule has 0 fully saturated rings. The Morgan fingerprint density at radius 3 is 2.54 bits per heavy atom. The number of rotatable bonds is 4. The van der Waals surface area contributed by atoms with Crippen LogP contribution in [-0.2, 0) is 4.74 Å². The van der Waals surface area contributed by atoms with Crippen molar-refractivity contribution in [1.29, 1.82) is 0 Å². The van der Waals surface area contributed by atoms with E-state index in [1.54, 1.807) is 43.3 Å². The molecule has 35 heavy (non-hydrogen) atoms. The van der Waals surface area contributed by atoms with Crippen molar-refractivity contribution < 1.29 is 27.8 Å². The number of halogens is 1. The van der Waals surface area contributed by atoms with Gasteiger partial charge in [-0.15, -0.1) is 0 Å². The van der Waals surface area contributed by atoms with Crippen molar-refractivity contribution in [2.75, 3.05) is 13.7 Å². The molecule has 1 aliphatic rings. The molecular weight excluding hydrogens is 478 g/mol. The van der Waals surface area contributed by atoms with Crippen LogP contribution in [0, 0.1) is 0 Å². The maximum atomic E-state index is 13.1. The Bertz CT molecular complexity index is 1590. The Morgan fingerprint density at radius 2 is 1.77 bits per heavy atom. The van der Waals surface area contributed by atoms with Crippen LogP contribution in [0.25, 0.3) is 33.4 Å². The molecule has 4 aromatic rings. The van der Waals surface area contributed by atoms with E-state index in [2.05, 4.69) is 5.32 Å². The quantitative estimate of drug-likeness (QED) is 0.398. The zero-order valence-electron chi connectivity index (χ0n) is 18.5. The maximum absolute atomic E-state index is 13.1. The van der Waals surface area contributed by atoms with Crippen molar-refractivity contribution in [2.24, 2.45) is 0 Å². The summed E-state index contributed by atoms with van der Waals surface area (Å²) in [5, 5.41) is 3.56. The van der Waals surface area contributed by atoms with Gasteiger partial charge in [0.1, 0.15) is 17.1 Å². The molecule has 5 rings (SSSR count). The van der Waals surface area contributed by atoms with E-state index in [-0.39, 0.29) is 23.5 Å². The second kappa shape index (κ2) is 8.84. The number of methoxy groups -OCH3 is 1. The van der Waals surface area contributed by atoms with Gasteiger partial charge in [-0.05, 0) is 49.4 Å². The summed E-state index contributed by atoms with van der Waals surface area (Å²) in [4.78, 5) is 38.0. The number of ether oxygens (including phenoxy) is 3. The number of hydrogen-bond donors (Lipinski definition) is 1. The molecule has 0 bridgehead atoms. The summed E-state index contributed by atoms with van der Waals surface area (Å²) in [6.45, 7) is 1.81. The van der Waals surface area contributed by atoms with Gasteiger partial charge in [0.25, 0.3) is 0 Å². The van der Waals surface area contributed by atoms with Crippen LogP contribution in [0.1, 0.15) is 18.7 Å². The second-order valence-electron chi connectivity index (χ2n) is 7.59. The Hall–Kier alpha value is -4.24. The molecule has 0 radical (unpaired) electrons. The lowest BCUT2D eigenvalue weighted by atomic mass is 9.98. The SMILES string of the molecule is CCOC(=O)NC1Oc2ccc(Cl)cc2-c2oc(=O)c(-c3cc4ccc(OC)cc4oc3=O)cc21. The maximum Gasteiger partial charge on any atom is 0.410 e. The summed E-state index contributed by atoms with van der Waals surface area (Å²) >= 11 is 6.14. The molecule has 3 heterocycles. The summed E-state index contributed by atoms with van der Waals surface area (Å²) in [5.41, 5.74) is -0.549.